The SMILES string of the molecule is O=C(COP(=O)(O)O)CC(F)(F)F. The van der Waals surface area contributed by atoms with Crippen LogP contribution in [0.3, 0.4) is 0 Å². The second-order valence-corrected chi connectivity index (χ2v) is 3.33. The van der Waals surface area contributed by atoms with E-state index in [1.165, 1.54) is 0 Å². The molecule has 78 valence electrons. The van der Waals surface area contributed by atoms with E-state index in [-0.39, 0.29) is 0 Å². The number of hydrogen-bond donors (Lipinski definition) is 2. The predicted molar refractivity (Wildman–Crippen MR) is 33.7 cm³/mol. The van der Waals surface area contributed by atoms with Crippen LogP contribution in [0.15, 0.2) is 0 Å². The number of rotatable bonds is 4. The third-order valence-electron chi connectivity index (χ3n) is 0.791. The lowest BCUT2D eigenvalue weighted by Crippen LogP contribution is -2.18. The average Bonchev–Trinajstić information content (AvgIpc) is 1.78. The molecule has 9 heteroatoms. The van der Waals surface area contributed by atoms with E-state index in [4.69, 9.17) is 9.79 Å². The maximum absolute atomic E-state index is 11.5. The normalized spacial score (nSPS) is 13.0. The highest BCUT2D eigenvalue weighted by atomic mass is 31.2. The van der Waals surface area contributed by atoms with Crippen LogP contribution in [0.5, 0.6) is 0 Å². The van der Waals surface area contributed by atoms with E-state index >= 15 is 0 Å². The molecule has 0 aliphatic rings. The van der Waals surface area contributed by atoms with Crippen molar-refractivity contribution in [3.8, 4) is 0 Å². The number of carbonyl (C=O) groups excluding carboxylic acids is 1. The van der Waals surface area contributed by atoms with Gasteiger partial charge in [-0.25, -0.2) is 4.57 Å². The first-order valence-corrected chi connectivity index (χ1v) is 4.42. The first-order chi connectivity index (χ1) is 5.60. The van der Waals surface area contributed by atoms with Gasteiger partial charge >= 0.3 is 14.0 Å². The Labute approximate surface area is 70.7 Å². The van der Waals surface area contributed by atoms with E-state index in [9.17, 15) is 22.5 Å². The summed E-state index contributed by atoms with van der Waals surface area (Å²) in [6.07, 6.45) is -6.44. The van der Waals surface area contributed by atoms with Crippen LogP contribution in [0, 0.1) is 0 Å². The minimum absolute atomic E-state index is 1.25. The molecule has 5 nitrogen and oxygen atoms in total. The summed E-state index contributed by atoms with van der Waals surface area (Å²) >= 11 is 0. The van der Waals surface area contributed by atoms with Gasteiger partial charge in [-0.05, 0) is 0 Å². The summed E-state index contributed by atoms with van der Waals surface area (Å²) < 4.78 is 47.9. The van der Waals surface area contributed by atoms with Crippen LogP contribution < -0.4 is 0 Å². The van der Waals surface area contributed by atoms with Gasteiger partial charge in [0, 0.05) is 0 Å². The molecule has 0 aromatic carbocycles. The monoisotopic (exact) mass is 222 g/mol. The van der Waals surface area contributed by atoms with Crippen molar-refractivity contribution in [2.24, 2.45) is 0 Å². The van der Waals surface area contributed by atoms with Crippen LogP contribution in [0.25, 0.3) is 0 Å². The number of phosphoric acid groups is 1. The molecule has 0 unspecified atom stereocenters. The molecular weight excluding hydrogens is 216 g/mol. The number of hydrogen-bond acceptors (Lipinski definition) is 3. The summed E-state index contributed by atoms with van der Waals surface area (Å²) in [5.74, 6) is -1.43. The minimum Gasteiger partial charge on any atom is -0.303 e. The predicted octanol–water partition coefficient (Wildman–Crippen LogP) is 0.617. The molecule has 0 amide bonds. The molecule has 0 atom stereocenters. The second kappa shape index (κ2) is 4.19. The molecule has 13 heavy (non-hydrogen) atoms. The van der Waals surface area contributed by atoms with E-state index in [2.05, 4.69) is 4.52 Å². The van der Waals surface area contributed by atoms with Gasteiger partial charge in [-0.1, -0.05) is 0 Å². The summed E-state index contributed by atoms with van der Waals surface area (Å²) in [5.41, 5.74) is 0. The molecular formula is C4H6F3O5P. The van der Waals surface area contributed by atoms with Crippen LogP contribution in [0.2, 0.25) is 0 Å². The van der Waals surface area contributed by atoms with Crippen molar-refractivity contribution in [3.63, 3.8) is 0 Å². The summed E-state index contributed by atoms with van der Waals surface area (Å²) in [7, 11) is -4.87. The van der Waals surface area contributed by atoms with Gasteiger partial charge in [0.2, 0.25) is 0 Å². The van der Waals surface area contributed by atoms with Gasteiger partial charge in [0.05, 0.1) is 0 Å². The number of alkyl halides is 3. The highest BCUT2D eigenvalue weighted by molar-refractivity contribution is 7.46. The molecule has 0 saturated heterocycles. The third kappa shape index (κ3) is 9.48. The summed E-state index contributed by atoms with van der Waals surface area (Å²) in [6, 6.07) is 0. The van der Waals surface area contributed by atoms with E-state index in [1.807, 2.05) is 0 Å². The molecule has 0 heterocycles. The van der Waals surface area contributed by atoms with Crippen LogP contribution >= 0.6 is 7.82 Å². The van der Waals surface area contributed by atoms with Crippen molar-refractivity contribution < 1.29 is 36.8 Å². The number of halogens is 3. The van der Waals surface area contributed by atoms with Crippen molar-refractivity contribution in [3.05, 3.63) is 0 Å². The summed E-state index contributed by atoms with van der Waals surface area (Å²) in [6.45, 7) is -1.25. The standard InChI is InChI=1S/C4H6F3O5P/c5-4(6,7)1-3(8)2-12-13(9,10)11/h1-2H2,(H2,9,10,11). The van der Waals surface area contributed by atoms with Crippen molar-refractivity contribution in [1.82, 2.24) is 0 Å². The Kier molecular flexibility index (Phi) is 4.05. The van der Waals surface area contributed by atoms with Gasteiger partial charge in [0.15, 0.2) is 5.78 Å². The lowest BCUT2D eigenvalue weighted by atomic mass is 10.3. The minimum atomic E-state index is -4.87. The number of ketones is 1. The second-order valence-electron chi connectivity index (χ2n) is 2.09. The Balaban J connectivity index is 3.85. The van der Waals surface area contributed by atoms with E-state index in [1.54, 1.807) is 0 Å². The van der Waals surface area contributed by atoms with Crippen molar-refractivity contribution >= 4 is 13.6 Å². The Bertz CT molecular complexity index is 230. The van der Waals surface area contributed by atoms with E-state index in [0.717, 1.165) is 0 Å². The Hall–Kier alpha value is -0.430. The largest absolute Gasteiger partial charge is 0.470 e. The fourth-order valence-corrected chi connectivity index (χ4v) is 0.743. The molecule has 0 rings (SSSR count). The van der Waals surface area contributed by atoms with Gasteiger partial charge in [-0.2, -0.15) is 13.2 Å². The fourth-order valence-electron chi connectivity index (χ4n) is 0.431. The third-order valence-corrected chi connectivity index (χ3v) is 1.26. The van der Waals surface area contributed by atoms with Crippen LogP contribution in [-0.2, 0) is 13.9 Å². The number of Topliss-reactive ketones (excluding diaryl/α,β-unsaturated/α-hetero) is 1. The molecule has 0 aromatic rings. The fraction of sp³-hybridized carbons (Fsp3) is 0.750. The van der Waals surface area contributed by atoms with Gasteiger partial charge in [-0.3, -0.25) is 9.32 Å². The van der Waals surface area contributed by atoms with Crippen LogP contribution in [-0.4, -0.2) is 28.4 Å². The molecule has 0 spiro atoms. The van der Waals surface area contributed by atoms with Gasteiger partial charge < -0.3 is 9.79 Å². The van der Waals surface area contributed by atoms with E-state index < -0.39 is 32.8 Å². The molecule has 0 aliphatic heterocycles. The highest BCUT2D eigenvalue weighted by Crippen LogP contribution is 2.35. The number of phosphoric ester groups is 1. The quantitative estimate of drug-likeness (QED) is 0.681. The molecule has 0 saturated carbocycles. The maximum atomic E-state index is 11.5. The molecule has 0 bridgehead atoms. The topological polar surface area (TPSA) is 83.8 Å². The smallest absolute Gasteiger partial charge is 0.303 e. The first kappa shape index (κ1) is 12.6. The molecule has 0 aliphatic carbocycles. The Morgan fingerprint density at radius 2 is 1.85 bits per heavy atom. The van der Waals surface area contributed by atoms with Crippen molar-refractivity contribution in [2.45, 2.75) is 12.6 Å². The molecule has 0 fully saturated rings. The maximum Gasteiger partial charge on any atom is 0.470 e. The van der Waals surface area contributed by atoms with Crippen molar-refractivity contribution in [2.75, 3.05) is 6.61 Å². The zero-order valence-corrected chi connectivity index (χ0v) is 7.01. The average molecular weight is 222 g/mol. The van der Waals surface area contributed by atoms with Gasteiger partial charge in [0.25, 0.3) is 0 Å². The molecule has 0 aromatic heterocycles. The zero-order chi connectivity index (χ0) is 10.7. The van der Waals surface area contributed by atoms with Gasteiger partial charge in [-0.15, -0.1) is 0 Å². The first-order valence-electron chi connectivity index (χ1n) is 2.89. The molecule has 2 N–H and O–H groups in total. The van der Waals surface area contributed by atoms with Crippen LogP contribution in [0.1, 0.15) is 6.42 Å². The summed E-state index contributed by atoms with van der Waals surface area (Å²) in [5, 5.41) is 0. The molecule has 0 radical (unpaired) electrons. The lowest BCUT2D eigenvalue weighted by molar-refractivity contribution is -0.153. The summed E-state index contributed by atoms with van der Waals surface area (Å²) in [4.78, 5) is 26.4. The van der Waals surface area contributed by atoms with E-state index in [0.29, 0.717) is 0 Å². The Morgan fingerprint density at radius 3 is 2.15 bits per heavy atom. The Morgan fingerprint density at radius 1 is 1.38 bits per heavy atom. The van der Waals surface area contributed by atoms with Crippen LogP contribution in [0.4, 0.5) is 13.2 Å². The zero-order valence-electron chi connectivity index (χ0n) is 6.11. The van der Waals surface area contributed by atoms with Gasteiger partial charge in [0.1, 0.15) is 13.0 Å². The highest BCUT2D eigenvalue weighted by Gasteiger charge is 2.31. The lowest BCUT2D eigenvalue weighted by Gasteiger charge is -2.06. The van der Waals surface area contributed by atoms with Crippen molar-refractivity contribution in [1.29, 1.82) is 0 Å². The number of carbonyl (C=O) groups is 1.